The lowest BCUT2D eigenvalue weighted by atomic mass is 10.4. The highest BCUT2D eigenvalue weighted by Crippen LogP contribution is 2.03. The summed E-state index contributed by atoms with van der Waals surface area (Å²) in [6, 6.07) is -0.245. The van der Waals surface area contributed by atoms with Crippen LogP contribution in [-0.4, -0.2) is 26.4 Å². The summed E-state index contributed by atoms with van der Waals surface area (Å²) in [6.45, 7) is 3.42. The Morgan fingerprint density at radius 2 is 2.00 bits per heavy atom. The average Bonchev–Trinajstić information content (AvgIpc) is 1.96. The summed E-state index contributed by atoms with van der Waals surface area (Å²) in [5.74, 6) is 0. The molecule has 0 saturated heterocycles. The number of hydrogen-bond donors (Lipinski definition) is 1. The van der Waals surface area contributed by atoms with E-state index < -0.39 is 6.16 Å². The molecule has 0 fully saturated rings. The molecule has 64 valence electrons. The molecule has 0 spiro atoms. The SMILES string of the molecule is Cc1nnc(OC(=O)O)nc1C. The molecule has 0 bridgehead atoms. The quantitative estimate of drug-likeness (QED) is 0.617. The zero-order valence-electron chi connectivity index (χ0n) is 6.61. The van der Waals surface area contributed by atoms with Gasteiger partial charge in [0.05, 0.1) is 11.4 Å². The highest BCUT2D eigenvalue weighted by molar-refractivity contribution is 5.59. The van der Waals surface area contributed by atoms with Gasteiger partial charge in [0, 0.05) is 0 Å². The number of aromatic nitrogens is 3. The maximum Gasteiger partial charge on any atom is 0.513 e. The van der Waals surface area contributed by atoms with E-state index in [1.54, 1.807) is 13.8 Å². The van der Waals surface area contributed by atoms with Crippen molar-refractivity contribution in [2.24, 2.45) is 0 Å². The van der Waals surface area contributed by atoms with Gasteiger partial charge in [-0.25, -0.2) is 4.79 Å². The maximum atomic E-state index is 10.0. The van der Waals surface area contributed by atoms with Gasteiger partial charge in [-0.15, -0.1) is 5.10 Å². The van der Waals surface area contributed by atoms with E-state index in [9.17, 15) is 4.79 Å². The number of nitrogens with zero attached hydrogens (tertiary/aromatic N) is 3. The molecule has 1 aromatic heterocycles. The van der Waals surface area contributed by atoms with Gasteiger partial charge in [0.1, 0.15) is 0 Å². The van der Waals surface area contributed by atoms with Gasteiger partial charge in [-0.1, -0.05) is 5.10 Å². The van der Waals surface area contributed by atoms with E-state index in [2.05, 4.69) is 19.9 Å². The smallest absolute Gasteiger partial charge is 0.449 e. The molecule has 0 aliphatic rings. The molecule has 1 heterocycles. The zero-order chi connectivity index (χ0) is 9.14. The van der Waals surface area contributed by atoms with Crippen molar-refractivity contribution in [3.63, 3.8) is 0 Å². The molecule has 0 aliphatic carbocycles. The Hall–Kier alpha value is -1.72. The van der Waals surface area contributed by atoms with Crippen molar-refractivity contribution < 1.29 is 14.6 Å². The second kappa shape index (κ2) is 3.12. The third kappa shape index (κ3) is 1.88. The fraction of sp³-hybridized carbons (Fsp3) is 0.333. The van der Waals surface area contributed by atoms with E-state index in [4.69, 9.17) is 5.11 Å². The minimum atomic E-state index is -1.44. The van der Waals surface area contributed by atoms with E-state index >= 15 is 0 Å². The monoisotopic (exact) mass is 169 g/mol. The van der Waals surface area contributed by atoms with Crippen molar-refractivity contribution in [1.29, 1.82) is 0 Å². The number of aryl methyl sites for hydroxylation is 2. The van der Waals surface area contributed by atoms with E-state index in [-0.39, 0.29) is 6.01 Å². The van der Waals surface area contributed by atoms with Crippen molar-refractivity contribution in [2.45, 2.75) is 13.8 Å². The fourth-order valence-electron chi connectivity index (χ4n) is 0.558. The van der Waals surface area contributed by atoms with E-state index in [1.165, 1.54) is 0 Å². The first-order chi connectivity index (χ1) is 5.59. The van der Waals surface area contributed by atoms with E-state index in [0.29, 0.717) is 11.4 Å². The molecule has 1 aromatic rings. The maximum absolute atomic E-state index is 10.0. The lowest BCUT2D eigenvalue weighted by molar-refractivity contribution is 0.139. The molecule has 6 heteroatoms. The Labute approximate surface area is 68.2 Å². The second-order valence-electron chi connectivity index (χ2n) is 2.13. The molecule has 0 aromatic carbocycles. The summed E-state index contributed by atoms with van der Waals surface area (Å²) in [7, 11) is 0. The van der Waals surface area contributed by atoms with Crippen LogP contribution in [0.1, 0.15) is 11.4 Å². The lowest BCUT2D eigenvalue weighted by Crippen LogP contribution is -2.08. The molecule has 0 unspecified atom stereocenters. The van der Waals surface area contributed by atoms with Crippen molar-refractivity contribution in [1.82, 2.24) is 15.2 Å². The standard InChI is InChI=1S/C6H7N3O3/c1-3-4(2)8-9-5(7-3)12-6(10)11/h1-2H3,(H,10,11). The van der Waals surface area contributed by atoms with Gasteiger partial charge in [-0.05, 0) is 13.8 Å². The van der Waals surface area contributed by atoms with Crippen LogP contribution < -0.4 is 4.74 Å². The van der Waals surface area contributed by atoms with Crippen LogP contribution in [-0.2, 0) is 0 Å². The minimum absolute atomic E-state index is 0.245. The molecule has 0 atom stereocenters. The summed E-state index contributed by atoms with van der Waals surface area (Å²) in [5, 5.41) is 15.2. The van der Waals surface area contributed by atoms with Crippen LogP contribution in [0.5, 0.6) is 6.01 Å². The van der Waals surface area contributed by atoms with Crippen molar-refractivity contribution in [3.8, 4) is 6.01 Å². The van der Waals surface area contributed by atoms with Crippen LogP contribution in [0.25, 0.3) is 0 Å². The molecule has 0 aliphatic heterocycles. The Balaban J connectivity index is 2.89. The third-order valence-electron chi connectivity index (χ3n) is 1.25. The Morgan fingerprint density at radius 1 is 1.33 bits per heavy atom. The van der Waals surface area contributed by atoms with Gasteiger partial charge < -0.3 is 9.84 Å². The van der Waals surface area contributed by atoms with Gasteiger partial charge in [0.25, 0.3) is 0 Å². The number of carbonyl (C=O) groups is 1. The average molecular weight is 169 g/mol. The molecule has 1 rings (SSSR count). The van der Waals surface area contributed by atoms with Crippen LogP contribution >= 0.6 is 0 Å². The highest BCUT2D eigenvalue weighted by Gasteiger charge is 2.05. The number of ether oxygens (including phenoxy) is 1. The number of carboxylic acid groups (broad SMARTS) is 1. The first kappa shape index (κ1) is 8.38. The summed E-state index contributed by atoms with van der Waals surface area (Å²) in [4.78, 5) is 13.8. The topological polar surface area (TPSA) is 85.2 Å². The van der Waals surface area contributed by atoms with Crippen molar-refractivity contribution in [3.05, 3.63) is 11.4 Å². The van der Waals surface area contributed by atoms with Crippen LogP contribution in [0, 0.1) is 13.8 Å². The molecule has 1 N–H and O–H groups in total. The first-order valence-corrected chi connectivity index (χ1v) is 3.18. The molecular weight excluding hydrogens is 162 g/mol. The number of hydrogen-bond acceptors (Lipinski definition) is 5. The fourth-order valence-corrected chi connectivity index (χ4v) is 0.558. The van der Waals surface area contributed by atoms with Crippen molar-refractivity contribution in [2.75, 3.05) is 0 Å². The van der Waals surface area contributed by atoms with E-state index in [1.807, 2.05) is 0 Å². The van der Waals surface area contributed by atoms with Crippen molar-refractivity contribution >= 4 is 6.16 Å². The van der Waals surface area contributed by atoms with Gasteiger partial charge >= 0.3 is 12.2 Å². The van der Waals surface area contributed by atoms with Gasteiger partial charge in [-0.3, -0.25) is 0 Å². The molecular formula is C6H7N3O3. The predicted molar refractivity (Wildman–Crippen MR) is 38.0 cm³/mol. The largest absolute Gasteiger partial charge is 0.513 e. The van der Waals surface area contributed by atoms with Crippen LogP contribution in [0.3, 0.4) is 0 Å². The van der Waals surface area contributed by atoms with Gasteiger partial charge in [0.15, 0.2) is 0 Å². The summed E-state index contributed by atoms with van der Waals surface area (Å²) in [5.41, 5.74) is 1.24. The Kier molecular flexibility index (Phi) is 2.18. The highest BCUT2D eigenvalue weighted by atomic mass is 16.7. The summed E-state index contributed by atoms with van der Waals surface area (Å²) >= 11 is 0. The minimum Gasteiger partial charge on any atom is -0.449 e. The molecule has 0 amide bonds. The summed E-state index contributed by atoms with van der Waals surface area (Å²) in [6.07, 6.45) is -1.44. The van der Waals surface area contributed by atoms with Gasteiger partial charge in [-0.2, -0.15) is 4.98 Å². The number of rotatable bonds is 1. The predicted octanol–water partition coefficient (Wildman–Crippen LogP) is 0.545. The van der Waals surface area contributed by atoms with Gasteiger partial charge in [0.2, 0.25) is 0 Å². The molecule has 0 saturated carbocycles. The second-order valence-corrected chi connectivity index (χ2v) is 2.13. The molecule has 6 nitrogen and oxygen atoms in total. The lowest BCUT2D eigenvalue weighted by Gasteiger charge is -1.98. The Bertz CT molecular complexity index is 313. The van der Waals surface area contributed by atoms with Crippen LogP contribution in [0.2, 0.25) is 0 Å². The third-order valence-corrected chi connectivity index (χ3v) is 1.25. The molecule has 0 radical (unpaired) electrons. The van der Waals surface area contributed by atoms with E-state index in [0.717, 1.165) is 0 Å². The molecule has 12 heavy (non-hydrogen) atoms. The van der Waals surface area contributed by atoms with Crippen LogP contribution in [0.4, 0.5) is 4.79 Å². The Morgan fingerprint density at radius 3 is 2.50 bits per heavy atom. The first-order valence-electron chi connectivity index (χ1n) is 3.18. The normalized spacial score (nSPS) is 9.50. The van der Waals surface area contributed by atoms with Crippen LogP contribution in [0.15, 0.2) is 0 Å². The summed E-state index contributed by atoms with van der Waals surface area (Å²) < 4.78 is 4.18. The zero-order valence-corrected chi connectivity index (χ0v) is 6.61.